The number of benzene rings is 2. The summed E-state index contributed by atoms with van der Waals surface area (Å²) in [6.45, 7) is 0. The van der Waals surface area contributed by atoms with Gasteiger partial charge in [0.1, 0.15) is 17.9 Å². The fourth-order valence-corrected chi connectivity index (χ4v) is 5.91. The van der Waals surface area contributed by atoms with Crippen molar-refractivity contribution >= 4 is 40.8 Å². The number of halogens is 3. The fraction of sp³-hybridized carbons (Fsp3) is 0.312. The molecular formula is C32H27ClF2N6O3. The number of nitrogens with zero attached hydrogens (tertiary/aromatic N) is 5. The number of nitriles is 2. The molecule has 44 heavy (non-hydrogen) atoms. The molecule has 0 radical (unpaired) electrons. The number of hydrogen-bond acceptors (Lipinski definition) is 6. The van der Waals surface area contributed by atoms with E-state index < -0.39 is 41.8 Å². The first-order valence-corrected chi connectivity index (χ1v) is 14.4. The lowest BCUT2D eigenvalue weighted by Crippen LogP contribution is -2.53. The van der Waals surface area contributed by atoms with Crippen LogP contribution in [0.1, 0.15) is 61.3 Å². The summed E-state index contributed by atoms with van der Waals surface area (Å²) >= 11 is 6.60. The minimum Gasteiger partial charge on any atom is -0.351 e. The summed E-state index contributed by atoms with van der Waals surface area (Å²) in [5, 5.41) is 22.1. The number of hydrogen-bond donors (Lipinski definition) is 1. The smallest absolute Gasteiger partial charge is 0.251 e. The van der Waals surface area contributed by atoms with Crippen LogP contribution in [0.5, 0.6) is 0 Å². The molecule has 1 aliphatic heterocycles. The highest BCUT2D eigenvalue weighted by Gasteiger charge is 2.45. The number of pyridine rings is 1. The first-order valence-electron chi connectivity index (χ1n) is 14.1. The van der Waals surface area contributed by atoms with Gasteiger partial charge in [-0.25, -0.2) is 13.8 Å². The number of carbonyl (C=O) groups is 3. The number of alkyl halides is 2. The van der Waals surface area contributed by atoms with E-state index in [1.54, 1.807) is 42.5 Å². The van der Waals surface area contributed by atoms with Crippen LogP contribution in [0.3, 0.4) is 0 Å². The van der Waals surface area contributed by atoms with Crippen molar-refractivity contribution in [3.05, 3.63) is 88.6 Å². The highest BCUT2D eigenvalue weighted by atomic mass is 35.5. The van der Waals surface area contributed by atoms with Gasteiger partial charge >= 0.3 is 0 Å². The maximum absolute atomic E-state index is 14.7. The van der Waals surface area contributed by atoms with Gasteiger partial charge in [-0.15, -0.1) is 0 Å². The Kier molecular flexibility index (Phi) is 8.88. The van der Waals surface area contributed by atoms with E-state index in [-0.39, 0.29) is 71.7 Å². The quantitative estimate of drug-likeness (QED) is 0.376. The van der Waals surface area contributed by atoms with Gasteiger partial charge in [0.2, 0.25) is 17.7 Å². The predicted octanol–water partition coefficient (Wildman–Crippen LogP) is 5.44. The van der Waals surface area contributed by atoms with Gasteiger partial charge in [0.25, 0.3) is 5.91 Å². The first kappa shape index (κ1) is 30.6. The van der Waals surface area contributed by atoms with Crippen molar-refractivity contribution in [2.75, 3.05) is 9.80 Å². The lowest BCUT2D eigenvalue weighted by atomic mass is 9.91. The third-order valence-corrected chi connectivity index (χ3v) is 8.22. The topological polar surface area (TPSA) is 130 Å². The molecule has 12 heteroatoms. The van der Waals surface area contributed by atoms with E-state index in [2.05, 4.69) is 10.3 Å². The van der Waals surface area contributed by atoms with E-state index in [9.17, 15) is 33.7 Å². The number of amides is 3. The summed E-state index contributed by atoms with van der Waals surface area (Å²) in [5.74, 6) is -4.38. The van der Waals surface area contributed by atoms with Gasteiger partial charge in [0.05, 0.1) is 23.3 Å². The summed E-state index contributed by atoms with van der Waals surface area (Å²) in [4.78, 5) is 48.6. The summed E-state index contributed by atoms with van der Waals surface area (Å²) in [6.07, 6.45) is 0.822. The Balaban J connectivity index is 1.61. The van der Waals surface area contributed by atoms with Crippen LogP contribution in [-0.4, -0.2) is 40.7 Å². The van der Waals surface area contributed by atoms with Gasteiger partial charge in [-0.05, 0) is 55.7 Å². The number of carbonyl (C=O) groups excluding carboxylic acids is 3. The van der Waals surface area contributed by atoms with Gasteiger partial charge in [-0.1, -0.05) is 35.9 Å². The average molecular weight is 617 g/mol. The number of nitrogens with one attached hydrogen (secondary N) is 1. The second kappa shape index (κ2) is 12.8. The van der Waals surface area contributed by atoms with Crippen molar-refractivity contribution in [2.45, 2.75) is 62.6 Å². The third kappa shape index (κ3) is 6.38. The molecule has 2 heterocycles. The van der Waals surface area contributed by atoms with E-state index in [1.165, 1.54) is 34.2 Å². The molecule has 2 aliphatic rings. The highest BCUT2D eigenvalue weighted by molar-refractivity contribution is 6.31. The van der Waals surface area contributed by atoms with Crippen molar-refractivity contribution < 1.29 is 23.2 Å². The molecule has 1 unspecified atom stereocenters. The van der Waals surface area contributed by atoms with Gasteiger partial charge in [0.15, 0.2) is 0 Å². The SMILES string of the molecule is N#Cc1cccc(N(C(=O)[C@@H]2CCC(=O)N2c2cc(C#N)ccn2)C(C(=O)NC2CCC(F)(F)CC2)c2ccccc2Cl)c1. The van der Waals surface area contributed by atoms with E-state index in [1.807, 2.05) is 12.1 Å². The Morgan fingerprint density at radius 2 is 1.73 bits per heavy atom. The van der Waals surface area contributed by atoms with E-state index in [0.717, 1.165) is 0 Å². The lowest BCUT2D eigenvalue weighted by Gasteiger charge is -2.37. The molecule has 0 bridgehead atoms. The van der Waals surface area contributed by atoms with Gasteiger partial charge in [0, 0.05) is 47.8 Å². The molecular weight excluding hydrogens is 590 g/mol. The molecule has 5 rings (SSSR count). The van der Waals surface area contributed by atoms with Crippen LogP contribution < -0.4 is 15.1 Å². The minimum atomic E-state index is -2.81. The first-order chi connectivity index (χ1) is 21.1. The molecule has 0 spiro atoms. The second-order valence-electron chi connectivity index (χ2n) is 10.8. The summed E-state index contributed by atoms with van der Waals surface area (Å²) in [6, 6.07) is 16.4. The Morgan fingerprint density at radius 1 is 1.02 bits per heavy atom. The molecule has 2 fully saturated rings. The molecule has 1 N–H and O–H groups in total. The molecule has 9 nitrogen and oxygen atoms in total. The zero-order valence-corrected chi connectivity index (χ0v) is 24.2. The number of aromatic nitrogens is 1. The largest absolute Gasteiger partial charge is 0.351 e. The predicted molar refractivity (Wildman–Crippen MR) is 158 cm³/mol. The Labute approximate surface area is 257 Å². The molecule has 1 saturated heterocycles. The summed E-state index contributed by atoms with van der Waals surface area (Å²) in [7, 11) is 0. The lowest BCUT2D eigenvalue weighted by molar-refractivity contribution is -0.128. The molecule has 1 saturated carbocycles. The molecule has 1 aromatic heterocycles. The van der Waals surface area contributed by atoms with Crippen molar-refractivity contribution in [1.82, 2.24) is 10.3 Å². The Morgan fingerprint density at radius 3 is 2.43 bits per heavy atom. The van der Waals surface area contributed by atoms with Crippen LogP contribution in [0.2, 0.25) is 5.02 Å². The molecule has 2 aromatic carbocycles. The summed E-state index contributed by atoms with van der Waals surface area (Å²) in [5.41, 5.74) is 0.924. The van der Waals surface area contributed by atoms with Crippen LogP contribution in [0.25, 0.3) is 0 Å². The molecule has 2 atom stereocenters. The average Bonchev–Trinajstić information content (AvgIpc) is 3.42. The van der Waals surface area contributed by atoms with Crippen molar-refractivity contribution in [3.8, 4) is 12.1 Å². The van der Waals surface area contributed by atoms with Gasteiger partial charge in [-0.2, -0.15) is 10.5 Å². The van der Waals surface area contributed by atoms with Crippen molar-refractivity contribution in [2.24, 2.45) is 0 Å². The van der Waals surface area contributed by atoms with Crippen LogP contribution in [0.15, 0.2) is 66.9 Å². The second-order valence-corrected chi connectivity index (χ2v) is 11.2. The van der Waals surface area contributed by atoms with Gasteiger partial charge in [-0.3, -0.25) is 24.2 Å². The van der Waals surface area contributed by atoms with Gasteiger partial charge < -0.3 is 5.32 Å². The zero-order valence-electron chi connectivity index (χ0n) is 23.4. The van der Waals surface area contributed by atoms with Crippen LogP contribution in [0, 0.1) is 22.7 Å². The van der Waals surface area contributed by atoms with Crippen molar-refractivity contribution in [3.63, 3.8) is 0 Å². The number of anilines is 2. The Hall–Kier alpha value is -4.87. The highest BCUT2D eigenvalue weighted by Crippen LogP contribution is 2.37. The zero-order chi connectivity index (χ0) is 31.4. The molecule has 3 amide bonds. The maximum Gasteiger partial charge on any atom is 0.251 e. The van der Waals surface area contributed by atoms with Crippen molar-refractivity contribution in [1.29, 1.82) is 10.5 Å². The molecule has 3 aromatic rings. The standard InChI is InChI=1S/C32H27ClF2N6O3/c33-25-7-2-1-6-24(25)29(30(43)39-22-10-13-32(34,35)14-11-22)40(23-5-3-4-20(16-23)18-36)31(44)26-8-9-28(42)41(26)27-17-21(19-37)12-15-38-27/h1-7,12,15-17,22,26,29H,8-11,13-14H2,(H,39,43)/t26-,29?/m0/s1. The monoisotopic (exact) mass is 616 g/mol. The molecule has 224 valence electrons. The molecule has 1 aliphatic carbocycles. The van der Waals surface area contributed by atoms with E-state index in [0.29, 0.717) is 0 Å². The third-order valence-electron chi connectivity index (χ3n) is 7.88. The number of rotatable bonds is 7. The van der Waals surface area contributed by atoms with Crippen LogP contribution in [-0.2, 0) is 14.4 Å². The minimum absolute atomic E-state index is 0.0141. The maximum atomic E-state index is 14.7. The summed E-state index contributed by atoms with van der Waals surface area (Å²) < 4.78 is 27.8. The van der Waals surface area contributed by atoms with E-state index >= 15 is 0 Å². The van der Waals surface area contributed by atoms with Crippen LogP contribution >= 0.6 is 11.6 Å². The normalized spacial score (nSPS) is 18.6. The Bertz CT molecular complexity index is 1680. The fourth-order valence-electron chi connectivity index (χ4n) is 5.67. The van der Waals surface area contributed by atoms with Crippen LogP contribution in [0.4, 0.5) is 20.3 Å². The van der Waals surface area contributed by atoms with E-state index in [4.69, 9.17) is 11.6 Å².